The fourth-order valence-electron chi connectivity index (χ4n) is 2.24. The van der Waals surface area contributed by atoms with Gasteiger partial charge in [0.2, 0.25) is 5.91 Å². The van der Waals surface area contributed by atoms with Crippen molar-refractivity contribution in [3.8, 4) is 0 Å². The number of carboxylic acid groups (broad SMARTS) is 1. The lowest BCUT2D eigenvalue weighted by atomic mass is 10.1. The Morgan fingerprint density at radius 1 is 1.32 bits per heavy atom. The Kier molecular flexibility index (Phi) is 7.36. The van der Waals surface area contributed by atoms with E-state index in [0.29, 0.717) is 19.4 Å². The van der Waals surface area contributed by atoms with Crippen LogP contribution in [0, 0.1) is 6.92 Å². The largest absolute Gasteiger partial charge is 0.480 e. The summed E-state index contributed by atoms with van der Waals surface area (Å²) in [5, 5.41) is 11.6. The van der Waals surface area contributed by atoms with Gasteiger partial charge in [-0.15, -0.1) is 0 Å². The number of carboxylic acids is 1. The molecule has 1 unspecified atom stereocenters. The van der Waals surface area contributed by atoms with Crippen LogP contribution in [0.5, 0.6) is 0 Å². The molecule has 22 heavy (non-hydrogen) atoms. The molecule has 0 fully saturated rings. The van der Waals surface area contributed by atoms with Crippen LogP contribution in [0.15, 0.2) is 23.0 Å². The van der Waals surface area contributed by atoms with E-state index in [0.717, 1.165) is 18.5 Å². The van der Waals surface area contributed by atoms with E-state index in [1.807, 2.05) is 19.9 Å². The Hall–Kier alpha value is -2.11. The molecule has 1 atom stereocenters. The number of carbonyl (C=O) groups excluding carboxylic acids is 1. The molecule has 0 aliphatic rings. The van der Waals surface area contributed by atoms with Gasteiger partial charge in [-0.1, -0.05) is 25.8 Å². The molecule has 1 rings (SSSR count). The summed E-state index contributed by atoms with van der Waals surface area (Å²) in [6, 6.07) is 4.20. The number of rotatable bonds is 9. The first kappa shape index (κ1) is 17.9. The molecule has 0 radical (unpaired) electrons. The number of nitrogens with zero attached hydrogens (tertiary/aromatic N) is 1. The van der Waals surface area contributed by atoms with E-state index in [1.54, 1.807) is 10.6 Å². The van der Waals surface area contributed by atoms with Gasteiger partial charge in [-0.3, -0.25) is 9.59 Å². The van der Waals surface area contributed by atoms with Gasteiger partial charge in [0.25, 0.3) is 5.56 Å². The lowest BCUT2D eigenvalue weighted by Crippen LogP contribution is -2.40. The molecule has 0 aromatic carbocycles. The monoisotopic (exact) mass is 308 g/mol. The highest BCUT2D eigenvalue weighted by Gasteiger charge is 2.18. The highest BCUT2D eigenvalue weighted by molar-refractivity contribution is 5.83. The second kappa shape index (κ2) is 9.02. The summed E-state index contributed by atoms with van der Waals surface area (Å²) in [6.45, 7) is 4.26. The SMILES string of the molecule is CCCCC(NC(=O)CCCn1c(C)cccc1=O)C(=O)O. The van der Waals surface area contributed by atoms with Crippen molar-refractivity contribution in [2.75, 3.05) is 0 Å². The minimum Gasteiger partial charge on any atom is -0.480 e. The molecule has 1 amide bonds. The molecular formula is C16H24N2O4. The van der Waals surface area contributed by atoms with Crippen molar-refractivity contribution in [3.63, 3.8) is 0 Å². The maximum atomic E-state index is 11.8. The van der Waals surface area contributed by atoms with Crippen molar-refractivity contribution in [3.05, 3.63) is 34.2 Å². The van der Waals surface area contributed by atoms with Crippen molar-refractivity contribution < 1.29 is 14.7 Å². The van der Waals surface area contributed by atoms with E-state index in [4.69, 9.17) is 5.11 Å². The molecule has 0 aliphatic carbocycles. The second-order valence-corrected chi connectivity index (χ2v) is 5.36. The summed E-state index contributed by atoms with van der Waals surface area (Å²) in [4.78, 5) is 34.6. The Morgan fingerprint density at radius 2 is 2.05 bits per heavy atom. The number of carbonyl (C=O) groups is 2. The predicted octanol–water partition coefficient (Wildman–Crippen LogP) is 1.70. The highest BCUT2D eigenvalue weighted by atomic mass is 16.4. The Bertz CT molecular complexity index is 566. The van der Waals surface area contributed by atoms with Crippen molar-refractivity contribution in [1.82, 2.24) is 9.88 Å². The van der Waals surface area contributed by atoms with Crippen LogP contribution in [0.3, 0.4) is 0 Å². The maximum Gasteiger partial charge on any atom is 0.326 e. The first-order chi connectivity index (χ1) is 10.5. The molecule has 0 bridgehead atoms. The van der Waals surface area contributed by atoms with Crippen LogP contribution in [0.4, 0.5) is 0 Å². The normalized spacial score (nSPS) is 11.9. The summed E-state index contributed by atoms with van der Waals surface area (Å²) >= 11 is 0. The van der Waals surface area contributed by atoms with Crippen molar-refractivity contribution in [2.24, 2.45) is 0 Å². The number of amides is 1. The molecule has 1 aromatic rings. The number of aryl methyl sites for hydroxylation is 1. The minimum absolute atomic E-state index is 0.0910. The van der Waals surface area contributed by atoms with E-state index in [2.05, 4.69) is 5.32 Å². The molecule has 6 nitrogen and oxygen atoms in total. The van der Waals surface area contributed by atoms with Gasteiger partial charge in [0.15, 0.2) is 0 Å². The zero-order valence-electron chi connectivity index (χ0n) is 13.2. The molecule has 2 N–H and O–H groups in total. The molecule has 1 aromatic heterocycles. The molecule has 122 valence electrons. The Morgan fingerprint density at radius 3 is 2.64 bits per heavy atom. The van der Waals surface area contributed by atoms with Crippen LogP contribution in [0.2, 0.25) is 0 Å². The van der Waals surface area contributed by atoms with Crippen LogP contribution in [-0.4, -0.2) is 27.6 Å². The summed E-state index contributed by atoms with van der Waals surface area (Å²) in [7, 11) is 0. The fourth-order valence-corrected chi connectivity index (χ4v) is 2.24. The molecule has 6 heteroatoms. The van der Waals surface area contributed by atoms with Crippen LogP contribution in [0.1, 0.15) is 44.7 Å². The maximum absolute atomic E-state index is 11.8. The van der Waals surface area contributed by atoms with Gasteiger partial charge < -0.3 is 15.0 Å². The number of pyridine rings is 1. The van der Waals surface area contributed by atoms with Gasteiger partial charge in [-0.25, -0.2) is 4.79 Å². The topological polar surface area (TPSA) is 88.4 Å². The van der Waals surface area contributed by atoms with Gasteiger partial charge in [0, 0.05) is 24.7 Å². The third-order valence-electron chi connectivity index (χ3n) is 3.53. The summed E-state index contributed by atoms with van der Waals surface area (Å²) in [5.74, 6) is -1.29. The average Bonchev–Trinajstić information content (AvgIpc) is 2.46. The minimum atomic E-state index is -1.00. The lowest BCUT2D eigenvalue weighted by molar-refractivity contribution is -0.142. The van der Waals surface area contributed by atoms with Crippen molar-refractivity contribution in [1.29, 1.82) is 0 Å². The number of hydrogen-bond acceptors (Lipinski definition) is 3. The van der Waals surface area contributed by atoms with E-state index >= 15 is 0 Å². The second-order valence-electron chi connectivity index (χ2n) is 5.36. The Balaban J connectivity index is 2.45. The third-order valence-corrected chi connectivity index (χ3v) is 3.53. The highest BCUT2D eigenvalue weighted by Crippen LogP contribution is 2.03. The molecular weight excluding hydrogens is 284 g/mol. The van der Waals surface area contributed by atoms with Gasteiger partial charge in [0.05, 0.1) is 0 Å². The number of aliphatic carboxylic acids is 1. The zero-order chi connectivity index (χ0) is 16.5. The molecule has 0 saturated heterocycles. The zero-order valence-corrected chi connectivity index (χ0v) is 13.2. The summed E-state index contributed by atoms with van der Waals surface area (Å²) in [6.07, 6.45) is 2.79. The van der Waals surface area contributed by atoms with E-state index in [-0.39, 0.29) is 17.9 Å². The van der Waals surface area contributed by atoms with Crippen molar-refractivity contribution >= 4 is 11.9 Å². The number of nitrogens with one attached hydrogen (secondary N) is 1. The first-order valence-electron chi connectivity index (χ1n) is 7.64. The quantitative estimate of drug-likeness (QED) is 0.726. The number of aromatic nitrogens is 1. The predicted molar refractivity (Wildman–Crippen MR) is 83.8 cm³/mol. The summed E-state index contributed by atoms with van der Waals surface area (Å²) in [5.41, 5.74) is 0.756. The molecule has 0 aliphatic heterocycles. The molecule has 1 heterocycles. The van der Waals surface area contributed by atoms with Gasteiger partial charge >= 0.3 is 5.97 Å². The standard InChI is InChI=1S/C16H24N2O4/c1-3-4-8-13(16(21)22)17-14(19)9-6-11-18-12(2)7-5-10-15(18)20/h5,7,10,13H,3-4,6,8-9,11H2,1-2H3,(H,17,19)(H,21,22). The van der Waals surface area contributed by atoms with Gasteiger partial charge in [-0.05, 0) is 25.8 Å². The smallest absolute Gasteiger partial charge is 0.326 e. The van der Waals surface area contributed by atoms with E-state index in [1.165, 1.54) is 6.07 Å². The first-order valence-corrected chi connectivity index (χ1v) is 7.64. The van der Waals surface area contributed by atoms with Crippen LogP contribution < -0.4 is 10.9 Å². The molecule has 0 spiro atoms. The van der Waals surface area contributed by atoms with Crippen LogP contribution in [0.25, 0.3) is 0 Å². The van der Waals surface area contributed by atoms with Gasteiger partial charge in [-0.2, -0.15) is 0 Å². The van der Waals surface area contributed by atoms with Crippen molar-refractivity contribution in [2.45, 2.75) is 58.5 Å². The van der Waals surface area contributed by atoms with Gasteiger partial charge in [0.1, 0.15) is 6.04 Å². The number of hydrogen-bond donors (Lipinski definition) is 2. The third kappa shape index (κ3) is 5.71. The lowest BCUT2D eigenvalue weighted by Gasteiger charge is -2.14. The molecule has 0 saturated carbocycles. The van der Waals surface area contributed by atoms with E-state index in [9.17, 15) is 14.4 Å². The van der Waals surface area contributed by atoms with E-state index < -0.39 is 12.0 Å². The van der Waals surface area contributed by atoms with Crippen LogP contribution in [-0.2, 0) is 16.1 Å². The van der Waals surface area contributed by atoms with Crippen LogP contribution >= 0.6 is 0 Å². The fraction of sp³-hybridized carbons (Fsp3) is 0.562. The Labute approximate surface area is 130 Å². The summed E-state index contributed by atoms with van der Waals surface area (Å²) < 4.78 is 1.61. The average molecular weight is 308 g/mol. The number of unbranched alkanes of at least 4 members (excludes halogenated alkanes) is 1.